The van der Waals surface area contributed by atoms with E-state index in [-0.39, 0.29) is 24.4 Å². The highest BCUT2D eigenvalue weighted by atomic mass is 79.9. The van der Waals surface area contributed by atoms with Crippen LogP contribution in [0, 0.1) is 0 Å². The number of nitrogens with zero attached hydrogens (tertiary/aromatic N) is 1. The molecule has 0 bridgehead atoms. The summed E-state index contributed by atoms with van der Waals surface area (Å²) in [6.07, 6.45) is 1.74. The molecule has 1 heterocycles. The van der Waals surface area contributed by atoms with Gasteiger partial charge in [-0.2, -0.15) is 0 Å². The molecular formula is C21H23BrN2O4. The van der Waals surface area contributed by atoms with Crippen molar-refractivity contribution in [3.05, 3.63) is 58.1 Å². The number of ether oxygens (including phenoxy) is 2. The van der Waals surface area contributed by atoms with Gasteiger partial charge in [-0.15, -0.1) is 0 Å². The van der Waals surface area contributed by atoms with E-state index in [0.717, 1.165) is 34.4 Å². The lowest BCUT2D eigenvalue weighted by molar-refractivity contribution is -0.131. The monoisotopic (exact) mass is 446 g/mol. The highest BCUT2D eigenvalue weighted by Gasteiger charge is 2.32. The lowest BCUT2D eigenvalue weighted by atomic mass is 10.0. The number of rotatable bonds is 6. The van der Waals surface area contributed by atoms with Crippen LogP contribution in [0.5, 0.6) is 11.5 Å². The number of halogens is 1. The number of likely N-dealkylation sites (tertiary alicyclic amines) is 1. The third-order valence-corrected chi connectivity index (χ3v) is 5.35. The van der Waals surface area contributed by atoms with Gasteiger partial charge < -0.3 is 19.7 Å². The summed E-state index contributed by atoms with van der Waals surface area (Å²) in [4.78, 5) is 26.9. The van der Waals surface area contributed by atoms with Gasteiger partial charge in [0, 0.05) is 22.1 Å². The zero-order valence-corrected chi connectivity index (χ0v) is 17.5. The number of amides is 2. The van der Waals surface area contributed by atoms with Crippen LogP contribution in [0.3, 0.4) is 0 Å². The normalized spacial score (nSPS) is 16.0. The standard InChI is InChI=1S/C21H23BrN2O4/c1-27-16-8-9-19(28-2)17(12-16)18-7-4-10-24(18)20(25)13-23-21(26)14-5-3-6-15(22)11-14/h3,5-6,8-9,11-12,18H,4,7,10,13H2,1-2H3,(H,23,26). The molecule has 0 saturated carbocycles. The average Bonchev–Trinajstić information content (AvgIpc) is 3.21. The first-order valence-corrected chi connectivity index (χ1v) is 9.88. The summed E-state index contributed by atoms with van der Waals surface area (Å²) in [6.45, 7) is 0.602. The van der Waals surface area contributed by atoms with Gasteiger partial charge in [0.2, 0.25) is 5.91 Å². The van der Waals surface area contributed by atoms with E-state index in [4.69, 9.17) is 9.47 Å². The summed E-state index contributed by atoms with van der Waals surface area (Å²) in [5.41, 5.74) is 1.43. The first-order chi connectivity index (χ1) is 13.5. The van der Waals surface area contributed by atoms with E-state index in [1.165, 1.54) is 0 Å². The maximum Gasteiger partial charge on any atom is 0.251 e. The Kier molecular flexibility index (Phi) is 6.57. The quantitative estimate of drug-likeness (QED) is 0.736. The molecule has 1 atom stereocenters. The minimum Gasteiger partial charge on any atom is -0.497 e. The Balaban J connectivity index is 1.70. The van der Waals surface area contributed by atoms with Crippen molar-refractivity contribution in [2.75, 3.05) is 27.3 Å². The van der Waals surface area contributed by atoms with E-state index < -0.39 is 0 Å². The van der Waals surface area contributed by atoms with E-state index in [0.29, 0.717) is 12.1 Å². The van der Waals surface area contributed by atoms with Gasteiger partial charge in [0.25, 0.3) is 5.91 Å². The van der Waals surface area contributed by atoms with Crippen molar-refractivity contribution in [1.82, 2.24) is 10.2 Å². The lowest BCUT2D eigenvalue weighted by Gasteiger charge is -2.27. The SMILES string of the molecule is COc1ccc(OC)c(C2CCCN2C(=O)CNC(=O)c2cccc(Br)c2)c1. The van der Waals surface area contributed by atoms with Crippen LogP contribution < -0.4 is 14.8 Å². The minimum absolute atomic E-state index is 0.0475. The molecule has 1 saturated heterocycles. The van der Waals surface area contributed by atoms with Crippen LogP contribution in [-0.2, 0) is 4.79 Å². The van der Waals surface area contributed by atoms with E-state index in [2.05, 4.69) is 21.2 Å². The fourth-order valence-electron chi connectivity index (χ4n) is 3.48. The minimum atomic E-state index is -0.274. The third-order valence-electron chi connectivity index (χ3n) is 4.86. The van der Waals surface area contributed by atoms with Gasteiger partial charge in [-0.05, 0) is 49.2 Å². The van der Waals surface area contributed by atoms with Crippen molar-refractivity contribution in [2.45, 2.75) is 18.9 Å². The lowest BCUT2D eigenvalue weighted by Crippen LogP contribution is -2.39. The molecule has 0 radical (unpaired) electrons. The molecular weight excluding hydrogens is 424 g/mol. The molecule has 2 aromatic carbocycles. The van der Waals surface area contributed by atoms with E-state index in [1.807, 2.05) is 24.3 Å². The van der Waals surface area contributed by atoms with Crippen molar-refractivity contribution >= 4 is 27.7 Å². The number of methoxy groups -OCH3 is 2. The Hall–Kier alpha value is -2.54. The summed E-state index contributed by atoms with van der Waals surface area (Å²) in [7, 11) is 3.23. The van der Waals surface area contributed by atoms with Gasteiger partial charge in [0.05, 0.1) is 26.8 Å². The third kappa shape index (κ3) is 4.47. The summed E-state index contributed by atoms with van der Waals surface area (Å²) >= 11 is 3.35. The second-order valence-corrected chi connectivity index (χ2v) is 7.46. The molecule has 6 nitrogen and oxygen atoms in total. The Bertz CT molecular complexity index is 871. The van der Waals surface area contributed by atoms with Crippen molar-refractivity contribution in [2.24, 2.45) is 0 Å². The van der Waals surface area contributed by atoms with Crippen LogP contribution >= 0.6 is 15.9 Å². The number of carbonyl (C=O) groups excluding carboxylic acids is 2. The highest BCUT2D eigenvalue weighted by molar-refractivity contribution is 9.10. The molecule has 1 aliphatic rings. The van der Waals surface area contributed by atoms with E-state index in [1.54, 1.807) is 37.3 Å². The maximum absolute atomic E-state index is 12.8. The maximum atomic E-state index is 12.8. The summed E-state index contributed by atoms with van der Waals surface area (Å²) in [6, 6.07) is 12.6. The van der Waals surface area contributed by atoms with Gasteiger partial charge in [0.1, 0.15) is 11.5 Å². The molecule has 3 rings (SSSR count). The van der Waals surface area contributed by atoms with E-state index in [9.17, 15) is 9.59 Å². The predicted octanol–water partition coefficient (Wildman–Crippen LogP) is 3.56. The van der Waals surface area contributed by atoms with Crippen molar-refractivity contribution in [1.29, 1.82) is 0 Å². The molecule has 1 N–H and O–H groups in total. The Morgan fingerprint density at radius 3 is 2.71 bits per heavy atom. The molecule has 28 heavy (non-hydrogen) atoms. The second kappa shape index (κ2) is 9.10. The average molecular weight is 447 g/mol. The molecule has 148 valence electrons. The largest absolute Gasteiger partial charge is 0.497 e. The van der Waals surface area contributed by atoms with Crippen LogP contribution in [0.15, 0.2) is 46.9 Å². The highest BCUT2D eigenvalue weighted by Crippen LogP contribution is 2.38. The summed E-state index contributed by atoms with van der Waals surface area (Å²) < 4.78 is 11.6. The summed E-state index contributed by atoms with van der Waals surface area (Å²) in [5.74, 6) is 1.06. The zero-order valence-electron chi connectivity index (χ0n) is 15.9. The molecule has 1 unspecified atom stereocenters. The van der Waals surface area contributed by atoms with Crippen LogP contribution in [0.2, 0.25) is 0 Å². The molecule has 7 heteroatoms. The molecule has 1 aliphatic heterocycles. The number of hydrogen-bond donors (Lipinski definition) is 1. The van der Waals surface area contributed by atoms with Gasteiger partial charge in [0.15, 0.2) is 0 Å². The number of carbonyl (C=O) groups is 2. The number of hydrogen-bond acceptors (Lipinski definition) is 4. The van der Waals surface area contributed by atoms with E-state index >= 15 is 0 Å². The van der Waals surface area contributed by atoms with Crippen LogP contribution in [0.25, 0.3) is 0 Å². The number of nitrogens with one attached hydrogen (secondary N) is 1. The second-order valence-electron chi connectivity index (χ2n) is 6.55. The topological polar surface area (TPSA) is 67.9 Å². The summed E-state index contributed by atoms with van der Waals surface area (Å²) in [5, 5.41) is 2.72. The molecule has 0 aliphatic carbocycles. The molecule has 0 aromatic heterocycles. The van der Waals surface area contributed by atoms with Crippen molar-refractivity contribution in [3.8, 4) is 11.5 Å². The molecule has 0 spiro atoms. The molecule has 1 fully saturated rings. The Labute approximate surface area is 172 Å². The predicted molar refractivity (Wildman–Crippen MR) is 110 cm³/mol. The van der Waals surface area contributed by atoms with Crippen LogP contribution in [0.4, 0.5) is 0 Å². The van der Waals surface area contributed by atoms with Gasteiger partial charge in [-0.1, -0.05) is 22.0 Å². The van der Waals surface area contributed by atoms with Gasteiger partial charge >= 0.3 is 0 Å². The van der Waals surface area contributed by atoms with Crippen LogP contribution in [-0.4, -0.2) is 44.0 Å². The molecule has 2 amide bonds. The molecule has 2 aromatic rings. The smallest absolute Gasteiger partial charge is 0.251 e. The first kappa shape index (κ1) is 20.2. The van der Waals surface area contributed by atoms with Gasteiger partial charge in [-0.25, -0.2) is 0 Å². The fourth-order valence-corrected chi connectivity index (χ4v) is 3.88. The van der Waals surface area contributed by atoms with Crippen molar-refractivity contribution < 1.29 is 19.1 Å². The zero-order chi connectivity index (χ0) is 20.1. The van der Waals surface area contributed by atoms with Gasteiger partial charge in [-0.3, -0.25) is 9.59 Å². The number of benzene rings is 2. The Morgan fingerprint density at radius 2 is 2.00 bits per heavy atom. The Morgan fingerprint density at radius 1 is 1.18 bits per heavy atom. The van der Waals surface area contributed by atoms with Crippen LogP contribution in [0.1, 0.15) is 34.8 Å². The fraction of sp³-hybridized carbons (Fsp3) is 0.333. The first-order valence-electron chi connectivity index (χ1n) is 9.08. The van der Waals surface area contributed by atoms with Crippen molar-refractivity contribution in [3.63, 3.8) is 0 Å².